The van der Waals surface area contributed by atoms with Crippen molar-refractivity contribution in [2.24, 2.45) is 0 Å². The number of benzene rings is 1. The first-order valence-corrected chi connectivity index (χ1v) is 7.26. The highest BCUT2D eigenvalue weighted by molar-refractivity contribution is 5.48. The summed E-state index contributed by atoms with van der Waals surface area (Å²) in [6.07, 6.45) is 2.22. The summed E-state index contributed by atoms with van der Waals surface area (Å²) in [5, 5.41) is 0. The molecular formula is C17H19FN2O2. The fourth-order valence-electron chi connectivity index (χ4n) is 2.81. The van der Waals surface area contributed by atoms with Crippen LogP contribution in [0, 0.1) is 5.82 Å². The standard InChI is InChI=1S/C17H19FN2O2/c1-21-16-7-12-5-6-20(10-13(12)8-17(16)22-2)11-15-4-3-14(18)9-19-15/h3-4,7-9H,5-6,10-11H2,1-2H3. The van der Waals surface area contributed by atoms with Crippen molar-refractivity contribution in [1.29, 1.82) is 0 Å². The van der Waals surface area contributed by atoms with Crippen LogP contribution in [0.4, 0.5) is 4.39 Å². The van der Waals surface area contributed by atoms with Crippen LogP contribution < -0.4 is 9.47 Å². The average molecular weight is 302 g/mol. The van der Waals surface area contributed by atoms with Crippen LogP contribution in [0.1, 0.15) is 16.8 Å². The Bertz CT molecular complexity index is 658. The summed E-state index contributed by atoms with van der Waals surface area (Å²) < 4.78 is 23.6. The van der Waals surface area contributed by atoms with E-state index in [2.05, 4.69) is 16.0 Å². The van der Waals surface area contributed by atoms with Gasteiger partial charge in [0.1, 0.15) is 5.82 Å². The summed E-state index contributed by atoms with van der Waals surface area (Å²) >= 11 is 0. The molecule has 4 nitrogen and oxygen atoms in total. The van der Waals surface area contributed by atoms with Gasteiger partial charge >= 0.3 is 0 Å². The van der Waals surface area contributed by atoms with Crippen LogP contribution in [0.5, 0.6) is 11.5 Å². The van der Waals surface area contributed by atoms with Crippen LogP contribution >= 0.6 is 0 Å². The maximum absolute atomic E-state index is 12.9. The van der Waals surface area contributed by atoms with E-state index in [0.717, 1.165) is 36.7 Å². The number of ether oxygens (including phenoxy) is 2. The molecule has 1 aliphatic heterocycles. The van der Waals surface area contributed by atoms with E-state index < -0.39 is 0 Å². The summed E-state index contributed by atoms with van der Waals surface area (Å²) in [7, 11) is 3.30. The fraction of sp³-hybridized carbons (Fsp3) is 0.353. The van der Waals surface area contributed by atoms with Gasteiger partial charge in [0, 0.05) is 19.6 Å². The highest BCUT2D eigenvalue weighted by atomic mass is 19.1. The van der Waals surface area contributed by atoms with Crippen LogP contribution in [0.15, 0.2) is 30.5 Å². The average Bonchev–Trinajstić information content (AvgIpc) is 2.55. The number of methoxy groups -OCH3 is 2. The maximum Gasteiger partial charge on any atom is 0.161 e. The van der Waals surface area contributed by atoms with Crippen molar-refractivity contribution < 1.29 is 13.9 Å². The maximum atomic E-state index is 12.9. The smallest absolute Gasteiger partial charge is 0.161 e. The molecule has 0 bridgehead atoms. The van der Waals surface area contributed by atoms with Gasteiger partial charge in [0.15, 0.2) is 11.5 Å². The molecule has 1 aliphatic rings. The molecule has 0 radical (unpaired) electrons. The molecule has 22 heavy (non-hydrogen) atoms. The predicted molar refractivity (Wildman–Crippen MR) is 81.6 cm³/mol. The van der Waals surface area contributed by atoms with Gasteiger partial charge in [-0.3, -0.25) is 9.88 Å². The normalized spacial score (nSPS) is 14.5. The van der Waals surface area contributed by atoms with Crippen LogP contribution in [0.3, 0.4) is 0 Å². The Labute approximate surface area is 129 Å². The van der Waals surface area contributed by atoms with Gasteiger partial charge in [-0.2, -0.15) is 0 Å². The number of aromatic nitrogens is 1. The van der Waals surface area contributed by atoms with E-state index in [1.54, 1.807) is 20.3 Å². The van der Waals surface area contributed by atoms with E-state index in [1.165, 1.54) is 23.4 Å². The molecule has 0 saturated heterocycles. The van der Waals surface area contributed by atoms with Gasteiger partial charge in [-0.25, -0.2) is 4.39 Å². The van der Waals surface area contributed by atoms with E-state index in [9.17, 15) is 4.39 Å². The minimum absolute atomic E-state index is 0.301. The molecular weight excluding hydrogens is 283 g/mol. The first kappa shape index (κ1) is 14.8. The summed E-state index contributed by atoms with van der Waals surface area (Å²) in [6, 6.07) is 7.29. The minimum atomic E-state index is -0.301. The van der Waals surface area contributed by atoms with Crippen LogP contribution in [0.2, 0.25) is 0 Å². The van der Waals surface area contributed by atoms with E-state index in [1.807, 2.05) is 6.07 Å². The Kier molecular flexibility index (Phi) is 4.24. The first-order chi connectivity index (χ1) is 10.7. The van der Waals surface area contributed by atoms with Gasteiger partial charge in [0.2, 0.25) is 0 Å². The third-order valence-electron chi connectivity index (χ3n) is 3.97. The molecule has 0 fully saturated rings. The third-order valence-corrected chi connectivity index (χ3v) is 3.97. The number of halogens is 1. The lowest BCUT2D eigenvalue weighted by Crippen LogP contribution is -2.30. The molecule has 2 heterocycles. The van der Waals surface area contributed by atoms with Gasteiger partial charge in [0.25, 0.3) is 0 Å². The monoisotopic (exact) mass is 302 g/mol. The van der Waals surface area contributed by atoms with Gasteiger partial charge in [0.05, 0.1) is 26.1 Å². The minimum Gasteiger partial charge on any atom is -0.493 e. The molecule has 5 heteroatoms. The molecule has 1 aromatic heterocycles. The second-order valence-electron chi connectivity index (χ2n) is 5.40. The highest BCUT2D eigenvalue weighted by Crippen LogP contribution is 2.33. The number of rotatable bonds is 4. The summed E-state index contributed by atoms with van der Waals surface area (Å²) in [6.45, 7) is 2.49. The molecule has 0 saturated carbocycles. The van der Waals surface area contributed by atoms with E-state index in [-0.39, 0.29) is 5.82 Å². The lowest BCUT2D eigenvalue weighted by Gasteiger charge is -2.29. The summed E-state index contributed by atoms with van der Waals surface area (Å²) in [4.78, 5) is 6.43. The molecule has 3 rings (SSSR count). The lowest BCUT2D eigenvalue weighted by atomic mass is 9.98. The predicted octanol–water partition coefficient (Wildman–Crippen LogP) is 2.80. The van der Waals surface area contributed by atoms with Crippen molar-refractivity contribution >= 4 is 0 Å². The zero-order valence-corrected chi connectivity index (χ0v) is 12.8. The van der Waals surface area contributed by atoms with Crippen molar-refractivity contribution in [3.8, 4) is 11.5 Å². The molecule has 0 aliphatic carbocycles. The Morgan fingerprint density at radius 2 is 1.86 bits per heavy atom. The van der Waals surface area contributed by atoms with Crippen molar-refractivity contribution in [2.75, 3.05) is 20.8 Å². The van der Waals surface area contributed by atoms with Crippen molar-refractivity contribution in [2.45, 2.75) is 19.5 Å². The number of hydrogen-bond donors (Lipinski definition) is 0. The Hall–Kier alpha value is -2.14. The second kappa shape index (κ2) is 6.32. The van der Waals surface area contributed by atoms with E-state index in [4.69, 9.17) is 9.47 Å². The number of fused-ring (bicyclic) bond motifs is 1. The Morgan fingerprint density at radius 3 is 2.50 bits per heavy atom. The van der Waals surface area contributed by atoms with Crippen molar-refractivity contribution in [3.05, 3.63) is 53.1 Å². The van der Waals surface area contributed by atoms with Crippen LogP contribution in [-0.4, -0.2) is 30.6 Å². The molecule has 2 aromatic rings. The number of pyridine rings is 1. The lowest BCUT2D eigenvalue weighted by molar-refractivity contribution is 0.241. The fourth-order valence-corrected chi connectivity index (χ4v) is 2.81. The van der Waals surface area contributed by atoms with Gasteiger partial charge in [-0.15, -0.1) is 0 Å². The van der Waals surface area contributed by atoms with Gasteiger partial charge < -0.3 is 9.47 Å². The quantitative estimate of drug-likeness (QED) is 0.870. The summed E-state index contributed by atoms with van der Waals surface area (Å²) in [5.74, 6) is 1.22. The zero-order chi connectivity index (χ0) is 15.5. The molecule has 116 valence electrons. The second-order valence-corrected chi connectivity index (χ2v) is 5.40. The molecule has 0 atom stereocenters. The Morgan fingerprint density at radius 1 is 1.14 bits per heavy atom. The van der Waals surface area contributed by atoms with Crippen molar-refractivity contribution in [3.63, 3.8) is 0 Å². The first-order valence-electron chi connectivity index (χ1n) is 7.26. The summed E-state index contributed by atoms with van der Waals surface area (Å²) in [5.41, 5.74) is 3.41. The molecule has 1 aromatic carbocycles. The SMILES string of the molecule is COc1cc2c(cc1OC)CN(Cc1ccc(F)cn1)CC2. The largest absolute Gasteiger partial charge is 0.493 e. The van der Waals surface area contributed by atoms with Gasteiger partial charge in [-0.05, 0) is 41.8 Å². The highest BCUT2D eigenvalue weighted by Gasteiger charge is 2.19. The molecule has 0 amide bonds. The molecule has 0 N–H and O–H groups in total. The van der Waals surface area contributed by atoms with Gasteiger partial charge in [-0.1, -0.05) is 0 Å². The van der Waals surface area contributed by atoms with E-state index in [0.29, 0.717) is 6.54 Å². The Balaban J connectivity index is 1.76. The number of nitrogens with zero attached hydrogens (tertiary/aromatic N) is 2. The van der Waals surface area contributed by atoms with Crippen LogP contribution in [-0.2, 0) is 19.5 Å². The zero-order valence-electron chi connectivity index (χ0n) is 12.8. The molecule has 0 unspecified atom stereocenters. The van der Waals surface area contributed by atoms with E-state index >= 15 is 0 Å². The number of hydrogen-bond acceptors (Lipinski definition) is 4. The topological polar surface area (TPSA) is 34.6 Å². The van der Waals surface area contributed by atoms with Crippen molar-refractivity contribution in [1.82, 2.24) is 9.88 Å². The third kappa shape index (κ3) is 3.04. The van der Waals surface area contributed by atoms with Crippen LogP contribution in [0.25, 0.3) is 0 Å². The molecule has 0 spiro atoms.